The van der Waals surface area contributed by atoms with Gasteiger partial charge in [0.05, 0.1) is 9.82 Å². The fraction of sp³-hybridized carbons (Fsp3) is 0.500. The number of amides is 1. The summed E-state index contributed by atoms with van der Waals surface area (Å²) in [6.07, 6.45) is 0.673. The molecule has 3 rings (SSSR count). The van der Waals surface area contributed by atoms with E-state index in [9.17, 15) is 23.3 Å². The Labute approximate surface area is 180 Å². The average Bonchev–Trinajstić information content (AvgIpc) is 3.17. The van der Waals surface area contributed by atoms with Gasteiger partial charge in [0.2, 0.25) is 15.9 Å². The molecule has 0 saturated carbocycles. The summed E-state index contributed by atoms with van der Waals surface area (Å²) < 4.78 is 32.6. The van der Waals surface area contributed by atoms with E-state index in [4.69, 9.17) is 4.52 Å². The predicted molar refractivity (Wildman–Crippen MR) is 113 cm³/mol. The molecule has 1 N–H and O–H groups in total. The number of hydrogen-bond acceptors (Lipinski definition) is 7. The smallest absolute Gasteiger partial charge is 0.270 e. The molecular weight excluding hydrogens is 424 g/mol. The summed E-state index contributed by atoms with van der Waals surface area (Å²) in [5, 5.41) is 17.6. The van der Waals surface area contributed by atoms with Crippen LogP contribution in [0, 0.1) is 23.0 Å². The molecule has 1 aromatic heterocycles. The predicted octanol–water partition coefficient (Wildman–Crippen LogP) is 3.23. The van der Waals surface area contributed by atoms with Crippen LogP contribution < -0.4 is 5.32 Å². The zero-order chi connectivity index (χ0) is 23.0. The third-order valence-corrected chi connectivity index (χ3v) is 7.37. The number of hydrogen-bond donors (Lipinski definition) is 1. The molecule has 0 spiro atoms. The van der Waals surface area contributed by atoms with Crippen molar-refractivity contribution >= 4 is 27.4 Å². The lowest BCUT2D eigenvalue weighted by atomic mass is 9.93. The van der Waals surface area contributed by atoms with Gasteiger partial charge in [-0.1, -0.05) is 32.0 Å². The first-order valence-electron chi connectivity index (χ1n) is 9.93. The summed E-state index contributed by atoms with van der Waals surface area (Å²) in [7, 11) is -3.90. The molecular formula is C20H26N4O6S. The van der Waals surface area contributed by atoms with Gasteiger partial charge in [-0.3, -0.25) is 14.9 Å². The molecule has 1 aromatic carbocycles. The van der Waals surface area contributed by atoms with E-state index in [1.54, 1.807) is 13.0 Å². The molecule has 0 unspecified atom stereocenters. The second kappa shape index (κ2) is 8.39. The summed E-state index contributed by atoms with van der Waals surface area (Å²) >= 11 is 0. The Morgan fingerprint density at radius 2 is 1.90 bits per heavy atom. The van der Waals surface area contributed by atoms with Crippen molar-refractivity contribution in [2.75, 3.05) is 18.4 Å². The number of aromatic nitrogens is 1. The van der Waals surface area contributed by atoms with Gasteiger partial charge in [0.15, 0.2) is 5.82 Å². The number of carbonyl (C=O) groups is 1. The maximum atomic E-state index is 13.0. The van der Waals surface area contributed by atoms with Crippen LogP contribution in [0.25, 0.3) is 0 Å². The minimum atomic E-state index is -3.90. The molecule has 1 aliphatic rings. The van der Waals surface area contributed by atoms with E-state index in [0.717, 1.165) is 6.07 Å². The van der Waals surface area contributed by atoms with E-state index in [0.29, 0.717) is 30.0 Å². The number of nitrogens with one attached hydrogen (secondary N) is 1. The van der Waals surface area contributed by atoms with Crippen LogP contribution in [0.15, 0.2) is 33.7 Å². The lowest BCUT2D eigenvalue weighted by molar-refractivity contribution is -0.385. The van der Waals surface area contributed by atoms with Crippen LogP contribution in [-0.2, 0) is 20.2 Å². The van der Waals surface area contributed by atoms with Gasteiger partial charge in [-0.2, -0.15) is 4.31 Å². The van der Waals surface area contributed by atoms with E-state index in [1.807, 2.05) is 20.8 Å². The van der Waals surface area contributed by atoms with E-state index < -0.39 is 14.9 Å². The zero-order valence-corrected chi connectivity index (χ0v) is 18.7. The lowest BCUT2D eigenvalue weighted by Crippen LogP contribution is -2.41. The molecule has 31 heavy (non-hydrogen) atoms. The van der Waals surface area contributed by atoms with Crippen LogP contribution in [0.4, 0.5) is 11.5 Å². The second-order valence-electron chi connectivity index (χ2n) is 8.70. The first kappa shape index (κ1) is 22.9. The second-order valence-corrected chi connectivity index (χ2v) is 10.6. The van der Waals surface area contributed by atoms with Gasteiger partial charge in [0.25, 0.3) is 5.69 Å². The molecule has 0 aliphatic carbocycles. The Bertz CT molecular complexity index is 1100. The maximum Gasteiger partial charge on any atom is 0.270 e. The Morgan fingerprint density at radius 3 is 2.45 bits per heavy atom. The number of nitro benzene ring substituents is 1. The lowest BCUT2D eigenvalue weighted by Gasteiger charge is -2.30. The third kappa shape index (κ3) is 4.93. The van der Waals surface area contributed by atoms with Gasteiger partial charge in [-0.15, -0.1) is 0 Å². The van der Waals surface area contributed by atoms with Gasteiger partial charge in [-0.25, -0.2) is 8.42 Å². The first-order chi connectivity index (χ1) is 14.4. The van der Waals surface area contributed by atoms with Crippen LogP contribution in [0.5, 0.6) is 0 Å². The number of aryl methyl sites for hydroxylation is 1. The van der Waals surface area contributed by atoms with Crippen LogP contribution in [0.3, 0.4) is 0 Å². The monoisotopic (exact) mass is 450 g/mol. The minimum absolute atomic E-state index is 0.0816. The SMILES string of the molecule is Cc1ccc([N+](=O)[O-])cc1S(=O)(=O)N1CCC(C(=O)Nc2cc(C(C)(C)C)on2)CC1. The molecule has 1 fully saturated rings. The molecule has 2 heterocycles. The van der Waals surface area contributed by atoms with Crippen molar-refractivity contribution in [1.29, 1.82) is 0 Å². The Morgan fingerprint density at radius 1 is 1.26 bits per heavy atom. The standard InChI is InChI=1S/C20H26N4O6S/c1-13-5-6-15(24(26)27)11-16(13)31(28,29)23-9-7-14(8-10-23)19(25)21-18-12-17(30-22-18)20(2,3)4/h5-6,11-12,14H,7-10H2,1-4H3,(H,21,22,25). The molecule has 1 aliphatic heterocycles. The number of benzene rings is 1. The maximum absolute atomic E-state index is 13.0. The van der Waals surface area contributed by atoms with Crippen LogP contribution >= 0.6 is 0 Å². The van der Waals surface area contributed by atoms with Gasteiger partial charge in [0, 0.05) is 42.6 Å². The third-order valence-electron chi connectivity index (χ3n) is 5.33. The summed E-state index contributed by atoms with van der Waals surface area (Å²) in [6.45, 7) is 7.80. The van der Waals surface area contributed by atoms with E-state index in [1.165, 1.54) is 16.4 Å². The average molecular weight is 451 g/mol. The highest BCUT2D eigenvalue weighted by Crippen LogP contribution is 2.29. The normalized spacial score (nSPS) is 16.3. The van der Waals surface area contributed by atoms with Crippen LogP contribution in [0.1, 0.15) is 44.9 Å². The van der Waals surface area contributed by atoms with Crippen molar-refractivity contribution in [2.45, 2.75) is 50.8 Å². The number of rotatable bonds is 5. The number of piperidine rings is 1. The first-order valence-corrected chi connectivity index (χ1v) is 11.4. The molecule has 2 aromatic rings. The number of non-ortho nitro benzene ring substituents is 1. The Hall–Kier alpha value is -2.79. The number of anilines is 1. The summed E-state index contributed by atoms with van der Waals surface area (Å²) in [5.41, 5.74) is -0.0767. The van der Waals surface area contributed by atoms with Gasteiger partial charge in [0.1, 0.15) is 5.76 Å². The van der Waals surface area contributed by atoms with Crippen molar-refractivity contribution in [3.05, 3.63) is 45.7 Å². The Kier molecular flexibility index (Phi) is 6.19. The minimum Gasteiger partial charge on any atom is -0.359 e. The van der Waals surface area contributed by atoms with Crippen molar-refractivity contribution in [3.63, 3.8) is 0 Å². The van der Waals surface area contributed by atoms with Crippen molar-refractivity contribution in [1.82, 2.24) is 9.46 Å². The molecule has 1 saturated heterocycles. The van der Waals surface area contributed by atoms with Crippen molar-refractivity contribution in [3.8, 4) is 0 Å². The highest BCUT2D eigenvalue weighted by Gasteiger charge is 2.34. The topological polar surface area (TPSA) is 136 Å². The van der Waals surface area contributed by atoms with Crippen molar-refractivity contribution in [2.24, 2.45) is 5.92 Å². The molecule has 0 atom stereocenters. The molecule has 168 valence electrons. The molecule has 0 bridgehead atoms. The van der Waals surface area contributed by atoms with Gasteiger partial charge in [-0.05, 0) is 25.3 Å². The quantitative estimate of drug-likeness (QED) is 0.545. The summed E-state index contributed by atoms with van der Waals surface area (Å²) in [4.78, 5) is 22.9. The molecule has 0 radical (unpaired) electrons. The fourth-order valence-corrected chi connectivity index (χ4v) is 5.11. The van der Waals surface area contributed by atoms with E-state index in [2.05, 4.69) is 10.5 Å². The van der Waals surface area contributed by atoms with Gasteiger partial charge >= 0.3 is 0 Å². The number of nitro groups is 1. The van der Waals surface area contributed by atoms with Gasteiger partial charge < -0.3 is 9.84 Å². The highest BCUT2D eigenvalue weighted by molar-refractivity contribution is 7.89. The summed E-state index contributed by atoms with van der Waals surface area (Å²) in [6, 6.07) is 5.47. The molecule has 11 heteroatoms. The molecule has 10 nitrogen and oxygen atoms in total. The van der Waals surface area contributed by atoms with Crippen molar-refractivity contribution < 1.29 is 22.7 Å². The zero-order valence-electron chi connectivity index (χ0n) is 17.9. The van der Waals surface area contributed by atoms with Crippen LogP contribution in [0.2, 0.25) is 0 Å². The Balaban J connectivity index is 1.66. The number of sulfonamides is 1. The fourth-order valence-electron chi connectivity index (χ4n) is 3.39. The summed E-state index contributed by atoms with van der Waals surface area (Å²) in [5.74, 6) is 0.373. The number of carbonyl (C=O) groups excluding carboxylic acids is 1. The highest BCUT2D eigenvalue weighted by atomic mass is 32.2. The largest absolute Gasteiger partial charge is 0.359 e. The van der Waals surface area contributed by atoms with Crippen LogP contribution in [-0.4, -0.2) is 41.8 Å². The number of nitrogens with zero attached hydrogens (tertiary/aromatic N) is 3. The molecule has 1 amide bonds. The van der Waals surface area contributed by atoms with E-state index in [-0.39, 0.29) is 40.9 Å². The van der Waals surface area contributed by atoms with E-state index >= 15 is 0 Å².